The lowest BCUT2D eigenvalue weighted by Gasteiger charge is -2.24. The number of rotatable bonds is 2. The predicted octanol–water partition coefficient (Wildman–Crippen LogP) is 1.45. The summed E-state index contributed by atoms with van der Waals surface area (Å²) in [6, 6.07) is 6.62. The average Bonchev–Trinajstić information content (AvgIpc) is 2.15. The van der Waals surface area contributed by atoms with E-state index in [1.54, 1.807) is 6.07 Å². The van der Waals surface area contributed by atoms with Crippen molar-refractivity contribution in [3.8, 4) is 6.07 Å². The highest BCUT2D eigenvalue weighted by atomic mass is 16.4. The van der Waals surface area contributed by atoms with Crippen molar-refractivity contribution in [2.45, 2.75) is 0 Å². The Kier molecular flexibility index (Phi) is 2.78. The summed E-state index contributed by atoms with van der Waals surface area (Å²) in [5, 5.41) is 17.7. The van der Waals surface area contributed by atoms with E-state index in [2.05, 4.69) is 0 Å². The number of nitriles is 1. The Hall–Kier alpha value is -1.86. The molecule has 1 rings (SSSR count). The van der Waals surface area contributed by atoms with Crippen molar-refractivity contribution in [3.05, 3.63) is 29.3 Å². The molecule has 78 valence electrons. The fourth-order valence-corrected chi connectivity index (χ4v) is 1.34. The molecule has 0 saturated carbocycles. The highest BCUT2D eigenvalue weighted by Gasteiger charge is 2.19. The largest absolute Gasteiger partial charge is 0.478 e. The molecule has 0 bridgehead atoms. The van der Waals surface area contributed by atoms with E-state index in [0.29, 0.717) is 10.0 Å². The van der Waals surface area contributed by atoms with Crippen LogP contribution in [0.25, 0.3) is 0 Å². The monoisotopic (exact) mass is 205 g/mol. The zero-order valence-electron chi connectivity index (χ0n) is 8.98. The Balaban J connectivity index is 3.36. The first-order valence-electron chi connectivity index (χ1n) is 4.45. The first kappa shape index (κ1) is 11.2. The van der Waals surface area contributed by atoms with Gasteiger partial charge in [-0.05, 0) is 12.1 Å². The summed E-state index contributed by atoms with van der Waals surface area (Å²) < 4.78 is 0.489. The molecule has 1 aromatic rings. The molecule has 0 amide bonds. The van der Waals surface area contributed by atoms with Gasteiger partial charge in [-0.3, -0.25) is 4.48 Å². The standard InChI is InChI=1S/C11H12N2O2/c1-13(2,3)10-5-4-8(11(14)15)6-9(10)7-12/h4-6H,1-3H3/p+1. The van der Waals surface area contributed by atoms with E-state index in [9.17, 15) is 4.79 Å². The summed E-state index contributed by atoms with van der Waals surface area (Å²) in [6.45, 7) is 0. The molecule has 0 spiro atoms. The molecule has 0 atom stereocenters. The molecule has 1 aromatic carbocycles. The van der Waals surface area contributed by atoms with Gasteiger partial charge < -0.3 is 5.11 Å². The Morgan fingerprint density at radius 2 is 2.00 bits per heavy atom. The van der Waals surface area contributed by atoms with Crippen molar-refractivity contribution in [1.82, 2.24) is 4.48 Å². The van der Waals surface area contributed by atoms with Crippen LogP contribution in [0.3, 0.4) is 0 Å². The lowest BCUT2D eigenvalue weighted by atomic mass is 10.1. The van der Waals surface area contributed by atoms with Crippen LogP contribution in [-0.2, 0) is 0 Å². The van der Waals surface area contributed by atoms with E-state index in [1.807, 2.05) is 27.2 Å². The summed E-state index contributed by atoms with van der Waals surface area (Å²) in [5.41, 5.74) is 1.36. The van der Waals surface area contributed by atoms with Crippen LogP contribution in [0.2, 0.25) is 0 Å². The number of nitrogens with zero attached hydrogens (tertiary/aromatic N) is 2. The van der Waals surface area contributed by atoms with Crippen molar-refractivity contribution in [2.24, 2.45) is 0 Å². The molecule has 0 aliphatic carbocycles. The molecule has 0 aromatic heterocycles. The molecule has 0 radical (unpaired) electrons. The van der Waals surface area contributed by atoms with Gasteiger partial charge in [0, 0.05) is 6.07 Å². The van der Waals surface area contributed by atoms with Crippen LogP contribution in [0.1, 0.15) is 15.9 Å². The second-order valence-corrected chi connectivity index (χ2v) is 4.16. The van der Waals surface area contributed by atoms with Crippen LogP contribution in [0.4, 0.5) is 5.69 Å². The Labute approximate surface area is 88.6 Å². The van der Waals surface area contributed by atoms with Gasteiger partial charge in [-0.1, -0.05) is 0 Å². The molecule has 4 heteroatoms. The van der Waals surface area contributed by atoms with Gasteiger partial charge in [-0.15, -0.1) is 0 Å². The van der Waals surface area contributed by atoms with E-state index < -0.39 is 5.97 Å². The molecule has 1 N–H and O–H groups in total. The summed E-state index contributed by atoms with van der Waals surface area (Å²) in [4.78, 5) is 10.7. The molecule has 15 heavy (non-hydrogen) atoms. The van der Waals surface area contributed by atoms with E-state index in [1.165, 1.54) is 12.1 Å². The van der Waals surface area contributed by atoms with Crippen molar-refractivity contribution >= 4 is 11.7 Å². The summed E-state index contributed by atoms with van der Waals surface area (Å²) in [5.74, 6) is -1.01. The predicted molar refractivity (Wildman–Crippen MR) is 57.7 cm³/mol. The molecule has 0 aliphatic heterocycles. The minimum absolute atomic E-state index is 0.142. The molecule has 0 saturated heterocycles. The number of carboxylic acids is 1. The van der Waals surface area contributed by atoms with Crippen molar-refractivity contribution in [2.75, 3.05) is 21.1 Å². The minimum atomic E-state index is -1.01. The van der Waals surface area contributed by atoms with Gasteiger partial charge in [0.15, 0.2) is 0 Å². The van der Waals surface area contributed by atoms with Gasteiger partial charge in [0.25, 0.3) is 0 Å². The Morgan fingerprint density at radius 3 is 2.40 bits per heavy atom. The lowest BCUT2D eigenvalue weighted by Crippen LogP contribution is -2.35. The van der Waals surface area contributed by atoms with Crippen LogP contribution >= 0.6 is 0 Å². The van der Waals surface area contributed by atoms with Crippen LogP contribution < -0.4 is 4.48 Å². The number of benzene rings is 1. The number of quaternary nitrogens is 1. The average molecular weight is 205 g/mol. The van der Waals surface area contributed by atoms with Gasteiger partial charge in [0.1, 0.15) is 17.3 Å². The second kappa shape index (κ2) is 3.71. The molecule has 0 aliphatic rings. The number of aromatic carboxylic acids is 1. The third-order valence-electron chi connectivity index (χ3n) is 2.09. The topological polar surface area (TPSA) is 61.1 Å². The number of hydrogen-bond acceptors (Lipinski definition) is 2. The first-order chi connectivity index (χ1) is 6.86. The highest BCUT2D eigenvalue weighted by Crippen LogP contribution is 2.23. The number of carboxylic acid groups (broad SMARTS) is 1. The molecule has 0 fully saturated rings. The van der Waals surface area contributed by atoms with Crippen molar-refractivity contribution < 1.29 is 9.90 Å². The number of carbonyl (C=O) groups is 1. The van der Waals surface area contributed by atoms with Gasteiger partial charge >= 0.3 is 5.97 Å². The quantitative estimate of drug-likeness (QED) is 0.743. The smallest absolute Gasteiger partial charge is 0.335 e. The maximum Gasteiger partial charge on any atom is 0.335 e. The molecular formula is C11H13N2O2+. The Bertz CT molecular complexity index is 439. The third kappa shape index (κ3) is 2.33. The molecule has 0 unspecified atom stereocenters. The maximum absolute atomic E-state index is 10.7. The van der Waals surface area contributed by atoms with E-state index in [-0.39, 0.29) is 5.56 Å². The van der Waals surface area contributed by atoms with Gasteiger partial charge in [0.05, 0.1) is 26.7 Å². The summed E-state index contributed by atoms with van der Waals surface area (Å²) in [6.07, 6.45) is 0. The fourth-order valence-electron chi connectivity index (χ4n) is 1.34. The molecule has 0 heterocycles. The second-order valence-electron chi connectivity index (χ2n) is 4.16. The van der Waals surface area contributed by atoms with Gasteiger partial charge in [-0.25, -0.2) is 4.79 Å². The summed E-state index contributed by atoms with van der Waals surface area (Å²) in [7, 11) is 5.78. The van der Waals surface area contributed by atoms with Gasteiger partial charge in [0.2, 0.25) is 0 Å². The van der Waals surface area contributed by atoms with Gasteiger partial charge in [-0.2, -0.15) is 5.26 Å². The van der Waals surface area contributed by atoms with E-state index in [0.717, 1.165) is 5.69 Å². The van der Waals surface area contributed by atoms with E-state index >= 15 is 0 Å². The van der Waals surface area contributed by atoms with Crippen molar-refractivity contribution in [1.29, 1.82) is 5.26 Å². The number of hydrogen-bond donors (Lipinski definition) is 1. The minimum Gasteiger partial charge on any atom is -0.478 e. The first-order valence-corrected chi connectivity index (χ1v) is 4.45. The van der Waals surface area contributed by atoms with Crippen LogP contribution in [0.5, 0.6) is 0 Å². The third-order valence-corrected chi connectivity index (χ3v) is 2.09. The zero-order chi connectivity index (χ0) is 11.6. The highest BCUT2D eigenvalue weighted by molar-refractivity contribution is 5.88. The SMILES string of the molecule is C[N+](C)(C)c1ccc(C(=O)O)cc1C#N. The Morgan fingerprint density at radius 1 is 1.40 bits per heavy atom. The lowest BCUT2D eigenvalue weighted by molar-refractivity contribution is 0.0697. The van der Waals surface area contributed by atoms with Crippen molar-refractivity contribution in [3.63, 3.8) is 0 Å². The zero-order valence-corrected chi connectivity index (χ0v) is 8.98. The maximum atomic E-state index is 10.7. The normalized spacial score (nSPS) is 10.8. The van der Waals surface area contributed by atoms with Crippen LogP contribution in [0, 0.1) is 11.3 Å². The molecule has 4 nitrogen and oxygen atoms in total. The molecular weight excluding hydrogens is 192 g/mol. The van der Waals surface area contributed by atoms with E-state index in [4.69, 9.17) is 10.4 Å². The fraction of sp³-hybridized carbons (Fsp3) is 0.273. The van der Waals surface area contributed by atoms with Crippen LogP contribution in [0.15, 0.2) is 18.2 Å². The summed E-state index contributed by atoms with van der Waals surface area (Å²) >= 11 is 0. The van der Waals surface area contributed by atoms with Crippen LogP contribution in [-0.4, -0.2) is 32.2 Å².